The van der Waals surface area contributed by atoms with Gasteiger partial charge in [-0.2, -0.15) is 0 Å². The quantitative estimate of drug-likeness (QED) is 0.741. The van der Waals surface area contributed by atoms with Crippen molar-refractivity contribution < 1.29 is 0 Å². The van der Waals surface area contributed by atoms with Crippen molar-refractivity contribution in [2.45, 2.75) is 32.2 Å². The molecule has 2 N–H and O–H groups in total. The minimum atomic E-state index is 0.272. The zero-order chi connectivity index (χ0) is 10.7. The van der Waals surface area contributed by atoms with Gasteiger partial charge in [-0.05, 0) is 24.3 Å². The minimum absolute atomic E-state index is 0.272. The van der Waals surface area contributed by atoms with Crippen molar-refractivity contribution >= 4 is 6.08 Å². The van der Waals surface area contributed by atoms with E-state index in [1.807, 2.05) is 6.07 Å². The normalized spacial score (nSPS) is 29.3. The lowest BCUT2D eigenvalue weighted by Crippen LogP contribution is -2.29. The van der Waals surface area contributed by atoms with Gasteiger partial charge in [0.05, 0.1) is 0 Å². The third-order valence-corrected chi connectivity index (χ3v) is 3.28. The van der Waals surface area contributed by atoms with Crippen LogP contribution in [-0.4, -0.2) is 6.04 Å². The van der Waals surface area contributed by atoms with Crippen molar-refractivity contribution in [2.24, 2.45) is 11.7 Å². The van der Waals surface area contributed by atoms with E-state index < -0.39 is 0 Å². The summed E-state index contributed by atoms with van der Waals surface area (Å²) in [4.78, 5) is 0. The fraction of sp³-hybridized carbons (Fsp3) is 0.429. The molecule has 1 fully saturated rings. The zero-order valence-corrected chi connectivity index (χ0v) is 9.32. The van der Waals surface area contributed by atoms with Crippen LogP contribution in [0.4, 0.5) is 0 Å². The molecule has 0 aliphatic heterocycles. The molecule has 0 amide bonds. The van der Waals surface area contributed by atoms with Gasteiger partial charge in [-0.15, -0.1) is 0 Å². The number of hydrogen-bond donors (Lipinski definition) is 1. The van der Waals surface area contributed by atoms with Gasteiger partial charge in [-0.3, -0.25) is 0 Å². The molecule has 0 aromatic heterocycles. The molecule has 1 heteroatoms. The number of nitrogens with two attached hydrogens (primary N) is 1. The van der Waals surface area contributed by atoms with Crippen molar-refractivity contribution in [1.29, 1.82) is 0 Å². The lowest BCUT2D eigenvalue weighted by molar-refractivity contribution is 0.447. The maximum atomic E-state index is 6.15. The molecule has 0 bridgehead atoms. The fourth-order valence-corrected chi connectivity index (χ4v) is 2.33. The Morgan fingerprint density at radius 1 is 1.20 bits per heavy atom. The van der Waals surface area contributed by atoms with E-state index in [-0.39, 0.29) is 6.04 Å². The Labute approximate surface area is 92.0 Å². The van der Waals surface area contributed by atoms with Crippen LogP contribution in [0.2, 0.25) is 0 Å². The van der Waals surface area contributed by atoms with Gasteiger partial charge < -0.3 is 5.73 Å². The van der Waals surface area contributed by atoms with Crippen molar-refractivity contribution in [1.82, 2.24) is 0 Å². The van der Waals surface area contributed by atoms with Crippen LogP contribution in [0.1, 0.15) is 31.7 Å². The first kappa shape index (κ1) is 10.4. The van der Waals surface area contributed by atoms with Gasteiger partial charge in [0.1, 0.15) is 0 Å². The monoisotopic (exact) mass is 201 g/mol. The number of rotatable bonds is 1. The summed E-state index contributed by atoms with van der Waals surface area (Å²) < 4.78 is 0. The molecule has 1 aromatic carbocycles. The molecule has 15 heavy (non-hydrogen) atoms. The van der Waals surface area contributed by atoms with Gasteiger partial charge in [-0.1, -0.05) is 55.3 Å². The predicted octanol–water partition coefficient (Wildman–Crippen LogP) is 3.22. The van der Waals surface area contributed by atoms with E-state index in [1.165, 1.54) is 24.0 Å². The van der Waals surface area contributed by atoms with Crippen LogP contribution in [0, 0.1) is 5.92 Å². The Balaban J connectivity index is 2.24. The molecule has 1 saturated carbocycles. The summed E-state index contributed by atoms with van der Waals surface area (Å²) in [6, 6.07) is 10.7. The van der Waals surface area contributed by atoms with Gasteiger partial charge in [0.2, 0.25) is 0 Å². The van der Waals surface area contributed by atoms with Gasteiger partial charge in [0.15, 0.2) is 0 Å². The van der Waals surface area contributed by atoms with Crippen LogP contribution < -0.4 is 5.73 Å². The molecular weight excluding hydrogens is 182 g/mol. The smallest absolute Gasteiger partial charge is 0.0259 e. The zero-order valence-electron chi connectivity index (χ0n) is 9.32. The van der Waals surface area contributed by atoms with Crippen LogP contribution in [-0.2, 0) is 0 Å². The molecule has 2 rings (SSSR count). The van der Waals surface area contributed by atoms with Gasteiger partial charge in [0.25, 0.3) is 0 Å². The van der Waals surface area contributed by atoms with Crippen molar-refractivity contribution in [3.8, 4) is 0 Å². The largest absolute Gasteiger partial charge is 0.324 e. The number of hydrogen-bond acceptors (Lipinski definition) is 1. The maximum Gasteiger partial charge on any atom is 0.0259 e. The summed E-state index contributed by atoms with van der Waals surface area (Å²) in [6.07, 6.45) is 5.97. The lowest BCUT2D eigenvalue weighted by Gasteiger charge is -2.28. The molecule has 1 aliphatic rings. The average molecular weight is 201 g/mol. The number of benzene rings is 1. The summed E-state index contributed by atoms with van der Waals surface area (Å²) in [5.74, 6) is 0.647. The molecular formula is C14H19N. The summed E-state index contributed by atoms with van der Waals surface area (Å²) >= 11 is 0. The second-order valence-corrected chi connectivity index (χ2v) is 4.49. The Bertz CT molecular complexity index is 328. The molecule has 0 saturated heterocycles. The molecule has 2 atom stereocenters. The molecule has 1 aromatic rings. The van der Waals surface area contributed by atoms with E-state index in [0.29, 0.717) is 5.92 Å². The van der Waals surface area contributed by atoms with E-state index in [0.717, 1.165) is 6.42 Å². The lowest BCUT2D eigenvalue weighted by atomic mass is 9.81. The Morgan fingerprint density at radius 2 is 1.93 bits per heavy atom. The first-order valence-electron chi connectivity index (χ1n) is 5.79. The molecule has 0 radical (unpaired) electrons. The van der Waals surface area contributed by atoms with E-state index >= 15 is 0 Å². The van der Waals surface area contributed by atoms with Crippen LogP contribution in [0.15, 0.2) is 35.9 Å². The summed E-state index contributed by atoms with van der Waals surface area (Å²) in [5.41, 5.74) is 8.85. The van der Waals surface area contributed by atoms with Crippen LogP contribution in [0.5, 0.6) is 0 Å². The molecule has 0 spiro atoms. The third-order valence-electron chi connectivity index (χ3n) is 3.28. The fourth-order valence-electron chi connectivity index (χ4n) is 2.33. The first-order chi connectivity index (χ1) is 7.27. The van der Waals surface area contributed by atoms with Crippen molar-refractivity contribution in [2.75, 3.05) is 0 Å². The molecule has 2 unspecified atom stereocenters. The topological polar surface area (TPSA) is 26.0 Å². The maximum absolute atomic E-state index is 6.15. The van der Waals surface area contributed by atoms with E-state index in [1.54, 1.807) is 0 Å². The highest BCUT2D eigenvalue weighted by molar-refractivity contribution is 5.54. The SMILES string of the molecule is CC1CCCC(N)/C1=C/c1ccccc1. The van der Waals surface area contributed by atoms with Crippen LogP contribution >= 0.6 is 0 Å². The second kappa shape index (κ2) is 4.63. The molecule has 80 valence electrons. The third kappa shape index (κ3) is 2.48. The minimum Gasteiger partial charge on any atom is -0.324 e. The average Bonchev–Trinajstić information content (AvgIpc) is 2.25. The first-order valence-corrected chi connectivity index (χ1v) is 5.79. The van der Waals surface area contributed by atoms with Crippen molar-refractivity contribution in [3.05, 3.63) is 41.5 Å². The molecule has 1 aliphatic carbocycles. The predicted molar refractivity (Wildman–Crippen MR) is 65.4 cm³/mol. The van der Waals surface area contributed by atoms with E-state index in [4.69, 9.17) is 5.73 Å². The van der Waals surface area contributed by atoms with Gasteiger partial charge >= 0.3 is 0 Å². The Kier molecular flexibility index (Phi) is 3.22. The summed E-state index contributed by atoms with van der Waals surface area (Å²) in [6.45, 7) is 2.29. The molecule has 1 nitrogen and oxygen atoms in total. The van der Waals surface area contributed by atoms with Crippen LogP contribution in [0.3, 0.4) is 0 Å². The van der Waals surface area contributed by atoms with Crippen molar-refractivity contribution in [3.63, 3.8) is 0 Å². The van der Waals surface area contributed by atoms with Gasteiger partial charge in [0, 0.05) is 6.04 Å². The second-order valence-electron chi connectivity index (χ2n) is 4.49. The summed E-state index contributed by atoms with van der Waals surface area (Å²) in [7, 11) is 0. The highest BCUT2D eigenvalue weighted by Crippen LogP contribution is 2.29. The molecule has 0 heterocycles. The van der Waals surface area contributed by atoms with E-state index in [2.05, 4.69) is 37.3 Å². The Hall–Kier alpha value is -1.08. The van der Waals surface area contributed by atoms with E-state index in [9.17, 15) is 0 Å². The highest BCUT2D eigenvalue weighted by atomic mass is 14.6. The van der Waals surface area contributed by atoms with Crippen LogP contribution in [0.25, 0.3) is 6.08 Å². The summed E-state index contributed by atoms with van der Waals surface area (Å²) in [5, 5.41) is 0. The Morgan fingerprint density at radius 3 is 2.60 bits per heavy atom. The standard InChI is InChI=1S/C14H19N/c1-11-6-5-9-14(15)13(11)10-12-7-3-2-4-8-12/h2-4,7-8,10-11,14H,5-6,9,15H2,1H3/b13-10+. The van der Waals surface area contributed by atoms with Gasteiger partial charge in [-0.25, -0.2) is 0 Å². The highest BCUT2D eigenvalue weighted by Gasteiger charge is 2.20.